The van der Waals surface area contributed by atoms with Gasteiger partial charge in [0.1, 0.15) is 16.7 Å². The Bertz CT molecular complexity index is 781. The highest BCUT2D eigenvalue weighted by Gasteiger charge is 2.28. The summed E-state index contributed by atoms with van der Waals surface area (Å²) in [5.74, 6) is 3.36. The van der Waals surface area contributed by atoms with Crippen molar-refractivity contribution < 1.29 is 17.5 Å². The van der Waals surface area contributed by atoms with Crippen LogP contribution in [0.1, 0.15) is 103 Å². The molecule has 2 rings (SSSR count). The third-order valence-corrected chi connectivity index (χ3v) is 7.99. The summed E-state index contributed by atoms with van der Waals surface area (Å²) in [6.45, 7) is 7.53. The fourth-order valence-corrected chi connectivity index (χ4v) is 5.38. The second-order valence-electron chi connectivity index (χ2n) is 9.66. The summed E-state index contributed by atoms with van der Waals surface area (Å²) in [6.07, 6.45) is 21.6. The minimum Gasteiger partial charge on any atom is -0.744 e. The lowest BCUT2D eigenvalue weighted by Crippen LogP contribution is -2.52. The second-order valence-corrected chi connectivity index (χ2v) is 11.6. The van der Waals surface area contributed by atoms with Crippen LogP contribution in [-0.4, -0.2) is 43.6 Å². The Balaban J connectivity index is 0.000000479. The second kappa shape index (κ2) is 19.6. The first kappa shape index (κ1) is 31.4. The molecule has 1 aliphatic rings. The van der Waals surface area contributed by atoms with Gasteiger partial charge in [0.15, 0.2) is 0 Å². The molecule has 6 heteroatoms. The topological polar surface area (TPSA) is 57.2 Å². The van der Waals surface area contributed by atoms with E-state index in [0.29, 0.717) is 0 Å². The van der Waals surface area contributed by atoms with Crippen molar-refractivity contribution >= 4 is 32.7 Å². The molecular formula is C28H46INO3S. The molecule has 1 aliphatic heterocycles. The number of halogens is 1. The molecule has 0 aromatic heterocycles. The molecule has 194 valence electrons. The number of nitrogens with zero attached hydrogens (tertiary/aromatic N) is 1. The first-order valence-electron chi connectivity index (χ1n) is 13.4. The van der Waals surface area contributed by atoms with Gasteiger partial charge in [-0.15, -0.1) is 0 Å². The minimum atomic E-state index is -4.25. The quantitative estimate of drug-likeness (QED) is 0.0680. The molecule has 0 N–H and O–H groups in total. The average molecular weight is 604 g/mol. The molecule has 0 aliphatic carbocycles. The van der Waals surface area contributed by atoms with Gasteiger partial charge in [0.05, 0.1) is 24.5 Å². The zero-order valence-corrected chi connectivity index (χ0v) is 24.3. The van der Waals surface area contributed by atoms with E-state index in [0.717, 1.165) is 6.54 Å². The molecular weight excluding hydrogens is 557 g/mol. The van der Waals surface area contributed by atoms with Crippen LogP contribution in [0.25, 0.3) is 0 Å². The molecule has 0 saturated carbocycles. The fraction of sp³-hybridized carbons (Fsp3) is 0.714. The Labute approximate surface area is 223 Å². The van der Waals surface area contributed by atoms with Gasteiger partial charge in [-0.2, -0.15) is 0 Å². The summed E-state index contributed by atoms with van der Waals surface area (Å²) >= 11 is 2.20. The summed E-state index contributed by atoms with van der Waals surface area (Å²) in [7, 11) is -4.25. The van der Waals surface area contributed by atoms with Gasteiger partial charge in [0.25, 0.3) is 0 Å². The molecule has 34 heavy (non-hydrogen) atoms. The average Bonchev–Trinajstić information content (AvgIpc) is 2.84. The van der Waals surface area contributed by atoms with Crippen LogP contribution in [0.2, 0.25) is 0 Å². The molecule has 0 atom stereocenters. The van der Waals surface area contributed by atoms with Gasteiger partial charge in [0.2, 0.25) is 0 Å². The highest BCUT2D eigenvalue weighted by molar-refractivity contribution is 14.1. The molecule has 1 aromatic carbocycles. The van der Waals surface area contributed by atoms with Crippen molar-refractivity contribution in [2.75, 3.05) is 26.2 Å². The van der Waals surface area contributed by atoms with Crippen LogP contribution >= 0.6 is 22.6 Å². The Kier molecular flexibility index (Phi) is 18.1. The number of hydrogen-bond acceptors (Lipinski definition) is 3. The molecule has 1 saturated heterocycles. The van der Waals surface area contributed by atoms with E-state index in [1.807, 2.05) is 0 Å². The smallest absolute Gasteiger partial charge is 0.141 e. The van der Waals surface area contributed by atoms with Crippen LogP contribution in [0.4, 0.5) is 0 Å². The third-order valence-electron chi connectivity index (χ3n) is 6.76. The third kappa shape index (κ3) is 15.4. The number of rotatable bonds is 15. The van der Waals surface area contributed by atoms with Gasteiger partial charge in [-0.1, -0.05) is 89.3 Å². The maximum atomic E-state index is 10.3. The maximum absolute atomic E-state index is 10.3. The normalized spacial score (nSPS) is 15.0. The minimum absolute atomic E-state index is 0.185. The van der Waals surface area contributed by atoms with Crippen molar-refractivity contribution in [3.8, 4) is 9.85 Å². The lowest BCUT2D eigenvalue weighted by Gasteiger charge is -2.40. The lowest BCUT2D eigenvalue weighted by molar-refractivity contribution is -0.926. The van der Waals surface area contributed by atoms with Crippen molar-refractivity contribution in [3.63, 3.8) is 0 Å². The number of quaternary nitrogens is 1. The van der Waals surface area contributed by atoms with Gasteiger partial charge >= 0.3 is 0 Å². The van der Waals surface area contributed by atoms with Crippen LogP contribution in [0.15, 0.2) is 35.2 Å². The van der Waals surface area contributed by atoms with Crippen LogP contribution in [0, 0.1) is 9.85 Å². The van der Waals surface area contributed by atoms with E-state index in [2.05, 4.69) is 39.4 Å². The molecule has 1 aromatic rings. The van der Waals surface area contributed by atoms with E-state index < -0.39 is 10.1 Å². The van der Waals surface area contributed by atoms with E-state index in [9.17, 15) is 13.0 Å². The van der Waals surface area contributed by atoms with Crippen molar-refractivity contribution in [2.45, 2.75) is 108 Å². The van der Waals surface area contributed by atoms with E-state index in [4.69, 9.17) is 0 Å². The van der Waals surface area contributed by atoms with Gasteiger partial charge in [0, 0.05) is 22.6 Å². The summed E-state index contributed by atoms with van der Waals surface area (Å²) in [5.41, 5.74) is 0. The van der Waals surface area contributed by atoms with Crippen molar-refractivity contribution in [2.24, 2.45) is 0 Å². The van der Waals surface area contributed by atoms with E-state index in [1.165, 1.54) is 145 Å². The van der Waals surface area contributed by atoms with E-state index in [1.54, 1.807) is 6.07 Å². The molecule has 0 radical (unpaired) electrons. The molecule has 0 unspecified atom stereocenters. The Morgan fingerprint density at radius 2 is 1.32 bits per heavy atom. The molecule has 1 fully saturated rings. The predicted molar refractivity (Wildman–Crippen MR) is 151 cm³/mol. The molecule has 0 bridgehead atoms. The van der Waals surface area contributed by atoms with E-state index >= 15 is 0 Å². The zero-order chi connectivity index (χ0) is 25.0. The highest BCUT2D eigenvalue weighted by Crippen LogP contribution is 2.20. The van der Waals surface area contributed by atoms with Gasteiger partial charge < -0.3 is 9.04 Å². The Morgan fingerprint density at radius 3 is 1.76 bits per heavy atom. The number of benzene rings is 1. The first-order valence-corrected chi connectivity index (χ1v) is 15.9. The molecule has 1 heterocycles. The maximum Gasteiger partial charge on any atom is 0.141 e. The number of piperidine rings is 1. The van der Waals surface area contributed by atoms with Gasteiger partial charge in [-0.3, -0.25) is 0 Å². The summed E-state index contributed by atoms with van der Waals surface area (Å²) in [5, 5.41) is 0. The monoisotopic (exact) mass is 603 g/mol. The van der Waals surface area contributed by atoms with Gasteiger partial charge in [-0.05, 0) is 54.1 Å². The number of likely N-dealkylation sites (tertiary alicyclic amines) is 1. The fourth-order valence-electron chi connectivity index (χ4n) is 4.72. The summed E-state index contributed by atoms with van der Waals surface area (Å²) in [6, 6.07) is 7.19. The molecule has 4 nitrogen and oxygen atoms in total. The van der Waals surface area contributed by atoms with E-state index in [-0.39, 0.29) is 4.90 Å². The summed E-state index contributed by atoms with van der Waals surface area (Å²) < 4.78 is 35.2. The lowest BCUT2D eigenvalue weighted by atomic mass is 10.0. The highest BCUT2D eigenvalue weighted by atomic mass is 127. The van der Waals surface area contributed by atoms with Crippen molar-refractivity contribution in [1.82, 2.24) is 0 Å². The zero-order valence-electron chi connectivity index (χ0n) is 21.3. The van der Waals surface area contributed by atoms with Crippen LogP contribution in [-0.2, 0) is 10.1 Å². The van der Waals surface area contributed by atoms with Gasteiger partial charge in [-0.25, -0.2) is 8.42 Å². The predicted octanol–water partition coefficient (Wildman–Crippen LogP) is 7.67. The largest absolute Gasteiger partial charge is 0.744 e. The number of hydrogen-bond donors (Lipinski definition) is 0. The van der Waals surface area contributed by atoms with Crippen LogP contribution in [0.5, 0.6) is 0 Å². The van der Waals surface area contributed by atoms with Crippen LogP contribution in [0.3, 0.4) is 0 Å². The molecule has 0 spiro atoms. The van der Waals surface area contributed by atoms with Crippen molar-refractivity contribution in [3.05, 3.63) is 30.3 Å². The van der Waals surface area contributed by atoms with Crippen LogP contribution < -0.4 is 0 Å². The Morgan fingerprint density at radius 1 is 0.824 bits per heavy atom. The summed E-state index contributed by atoms with van der Waals surface area (Å²) in [4.78, 5) is -0.185. The first-order chi connectivity index (χ1) is 16.4. The number of unbranched alkanes of at least 4 members (excludes halogenated alkanes) is 11. The standard InChI is InChI=1S/C22H41IN.C6H6O3S/c1-2-3-4-5-6-7-8-9-10-11-12-14-19-24(22-17-18-23)20-15-13-16-21-24;7-10(8,9)6-4-2-1-3-5-6/h2-16,19-22H2,1H3;1-5H,(H,7,8,9)/q+1;/p-1. The molecule has 0 amide bonds. The van der Waals surface area contributed by atoms with Crippen molar-refractivity contribution in [1.29, 1.82) is 0 Å². The Hall–Kier alpha value is -0.620. The SMILES string of the molecule is CCCCCCCCCCCCCC[N+]1(CC#CI)CCCCC1.O=S(=O)([O-])c1ccccc1.